The summed E-state index contributed by atoms with van der Waals surface area (Å²) in [5.41, 5.74) is 2.99. The molecule has 1 heterocycles. The first-order valence-electron chi connectivity index (χ1n) is 6.66. The molecule has 1 aromatic carbocycles. The Bertz CT molecular complexity index is 587. The summed E-state index contributed by atoms with van der Waals surface area (Å²) in [5, 5.41) is 0. The summed E-state index contributed by atoms with van der Waals surface area (Å²) in [6, 6.07) is 5.97. The Morgan fingerprint density at radius 2 is 2.16 bits per heavy atom. The summed E-state index contributed by atoms with van der Waals surface area (Å²) >= 11 is 0. The van der Waals surface area contributed by atoms with Crippen molar-refractivity contribution in [1.29, 1.82) is 0 Å². The van der Waals surface area contributed by atoms with Gasteiger partial charge in [0.2, 0.25) is 0 Å². The number of hydrogen-bond acceptors (Lipinski definition) is 3. The zero-order valence-corrected chi connectivity index (χ0v) is 11.9. The largest absolute Gasteiger partial charge is 0.465 e. The maximum Gasteiger partial charge on any atom is 0.316 e. The predicted octanol–water partition coefficient (Wildman–Crippen LogP) is 3.17. The number of nitrogens with one attached hydrogen (secondary N) is 1. The average Bonchev–Trinajstić information content (AvgIpc) is 2.74. The number of aromatic nitrogens is 2. The molecule has 0 saturated carbocycles. The molecule has 2 rings (SSSR count). The van der Waals surface area contributed by atoms with Gasteiger partial charge in [0.05, 0.1) is 17.6 Å². The molecule has 4 heteroatoms. The van der Waals surface area contributed by atoms with E-state index in [1.54, 1.807) is 0 Å². The molecule has 0 saturated heterocycles. The zero-order chi connectivity index (χ0) is 14.0. The van der Waals surface area contributed by atoms with Gasteiger partial charge in [0.25, 0.3) is 0 Å². The molecule has 1 atom stereocenters. The second-order valence-corrected chi connectivity index (χ2v) is 5.07. The average molecular weight is 260 g/mol. The van der Waals surface area contributed by atoms with Crippen LogP contribution >= 0.6 is 0 Å². The van der Waals surface area contributed by atoms with Crippen LogP contribution in [0, 0.1) is 12.8 Å². The van der Waals surface area contributed by atoms with Gasteiger partial charge in [0.15, 0.2) is 0 Å². The van der Waals surface area contributed by atoms with Crippen LogP contribution in [0.25, 0.3) is 11.0 Å². The van der Waals surface area contributed by atoms with Gasteiger partial charge in [-0.05, 0) is 31.4 Å². The van der Waals surface area contributed by atoms with Crippen molar-refractivity contribution in [2.45, 2.75) is 33.6 Å². The Balaban J connectivity index is 2.45. The predicted molar refractivity (Wildman–Crippen MR) is 75.0 cm³/mol. The van der Waals surface area contributed by atoms with Crippen molar-refractivity contribution in [3.63, 3.8) is 0 Å². The van der Waals surface area contributed by atoms with Gasteiger partial charge in [-0.25, -0.2) is 4.98 Å². The smallest absolute Gasteiger partial charge is 0.316 e. The lowest BCUT2D eigenvalue weighted by Crippen LogP contribution is -2.22. The molecule has 1 N–H and O–H groups in total. The molecule has 102 valence electrons. The molecule has 0 aliphatic heterocycles. The fraction of sp³-hybridized carbons (Fsp3) is 0.467. The number of rotatable bonds is 4. The molecule has 0 aliphatic carbocycles. The van der Waals surface area contributed by atoms with Gasteiger partial charge in [-0.3, -0.25) is 4.79 Å². The number of H-pyrrole nitrogens is 1. The van der Waals surface area contributed by atoms with Gasteiger partial charge in [-0.2, -0.15) is 0 Å². The zero-order valence-electron chi connectivity index (χ0n) is 11.9. The van der Waals surface area contributed by atoms with Gasteiger partial charge >= 0.3 is 5.97 Å². The minimum atomic E-state index is -0.341. The highest BCUT2D eigenvalue weighted by molar-refractivity contribution is 5.82. The number of ether oxygens (including phenoxy) is 1. The van der Waals surface area contributed by atoms with Crippen LogP contribution < -0.4 is 0 Å². The number of aryl methyl sites for hydroxylation is 1. The summed E-state index contributed by atoms with van der Waals surface area (Å²) in [5.74, 6) is 0.277. The second-order valence-electron chi connectivity index (χ2n) is 5.07. The number of nitrogens with zero attached hydrogens (tertiary/aromatic N) is 1. The highest BCUT2D eigenvalue weighted by Crippen LogP contribution is 2.26. The highest BCUT2D eigenvalue weighted by atomic mass is 16.5. The van der Waals surface area contributed by atoms with Gasteiger partial charge in [0, 0.05) is 0 Å². The summed E-state index contributed by atoms with van der Waals surface area (Å²) in [6.45, 7) is 8.23. The molecule has 19 heavy (non-hydrogen) atoms. The number of esters is 1. The van der Waals surface area contributed by atoms with Crippen LogP contribution in [-0.4, -0.2) is 22.5 Å². The summed E-state index contributed by atoms with van der Waals surface area (Å²) < 4.78 is 5.15. The van der Waals surface area contributed by atoms with E-state index >= 15 is 0 Å². The number of para-hydroxylation sites is 1. The monoisotopic (exact) mass is 260 g/mol. The van der Waals surface area contributed by atoms with E-state index in [2.05, 4.69) is 9.97 Å². The quantitative estimate of drug-likeness (QED) is 0.859. The number of hydrogen-bond donors (Lipinski definition) is 1. The fourth-order valence-corrected chi connectivity index (χ4v) is 2.27. The van der Waals surface area contributed by atoms with E-state index in [1.807, 2.05) is 45.9 Å². The number of carbonyl (C=O) groups excluding carboxylic acids is 1. The number of carbonyl (C=O) groups is 1. The molecule has 0 fully saturated rings. The number of fused-ring (bicyclic) bond motifs is 1. The van der Waals surface area contributed by atoms with E-state index in [0.29, 0.717) is 12.4 Å². The molecular weight excluding hydrogens is 240 g/mol. The van der Waals surface area contributed by atoms with Crippen LogP contribution in [0.4, 0.5) is 0 Å². The first-order chi connectivity index (χ1) is 9.04. The van der Waals surface area contributed by atoms with Crippen molar-refractivity contribution in [2.24, 2.45) is 5.92 Å². The molecular formula is C15H20N2O2. The topological polar surface area (TPSA) is 55.0 Å². The van der Waals surface area contributed by atoms with Crippen molar-refractivity contribution >= 4 is 17.0 Å². The Morgan fingerprint density at radius 3 is 2.74 bits per heavy atom. The first kappa shape index (κ1) is 13.6. The Morgan fingerprint density at radius 1 is 1.42 bits per heavy atom. The Labute approximate surface area is 113 Å². The third kappa shape index (κ3) is 2.62. The molecule has 0 amide bonds. The van der Waals surface area contributed by atoms with E-state index in [9.17, 15) is 4.79 Å². The second kappa shape index (κ2) is 5.43. The highest BCUT2D eigenvalue weighted by Gasteiger charge is 2.28. The molecule has 0 bridgehead atoms. The Kier molecular flexibility index (Phi) is 3.88. The van der Waals surface area contributed by atoms with Crippen molar-refractivity contribution < 1.29 is 9.53 Å². The van der Waals surface area contributed by atoms with E-state index in [1.165, 1.54) is 0 Å². The molecule has 4 nitrogen and oxygen atoms in total. The van der Waals surface area contributed by atoms with E-state index in [0.717, 1.165) is 16.6 Å². The Hall–Kier alpha value is -1.84. The summed E-state index contributed by atoms with van der Waals surface area (Å²) in [7, 11) is 0. The number of aromatic amines is 1. The number of imidazole rings is 1. The van der Waals surface area contributed by atoms with Crippen molar-refractivity contribution in [2.75, 3.05) is 6.61 Å². The lowest BCUT2D eigenvalue weighted by molar-refractivity contribution is -0.146. The summed E-state index contributed by atoms with van der Waals surface area (Å²) in [4.78, 5) is 19.9. The van der Waals surface area contributed by atoms with E-state index in [-0.39, 0.29) is 17.8 Å². The molecule has 0 radical (unpaired) electrons. The van der Waals surface area contributed by atoms with Gasteiger partial charge in [-0.15, -0.1) is 0 Å². The van der Waals surface area contributed by atoms with Crippen LogP contribution in [0.2, 0.25) is 0 Å². The van der Waals surface area contributed by atoms with E-state index in [4.69, 9.17) is 4.74 Å². The molecule has 0 aliphatic rings. The molecule has 1 unspecified atom stereocenters. The fourth-order valence-electron chi connectivity index (χ4n) is 2.27. The molecule has 2 aromatic rings. The normalized spacial score (nSPS) is 12.9. The van der Waals surface area contributed by atoms with Gasteiger partial charge in [-0.1, -0.05) is 26.0 Å². The maximum absolute atomic E-state index is 12.1. The van der Waals surface area contributed by atoms with Crippen molar-refractivity contribution in [3.05, 3.63) is 29.6 Å². The van der Waals surface area contributed by atoms with Crippen LogP contribution in [0.3, 0.4) is 0 Å². The third-order valence-electron chi connectivity index (χ3n) is 3.23. The van der Waals surface area contributed by atoms with Crippen LogP contribution in [-0.2, 0) is 9.53 Å². The minimum Gasteiger partial charge on any atom is -0.465 e. The van der Waals surface area contributed by atoms with Crippen LogP contribution in [0.15, 0.2) is 18.2 Å². The van der Waals surface area contributed by atoms with Crippen LogP contribution in [0.5, 0.6) is 0 Å². The summed E-state index contributed by atoms with van der Waals surface area (Å²) in [6.07, 6.45) is 0. The minimum absolute atomic E-state index is 0.139. The third-order valence-corrected chi connectivity index (χ3v) is 3.23. The van der Waals surface area contributed by atoms with Crippen molar-refractivity contribution in [3.8, 4) is 0 Å². The lowest BCUT2D eigenvalue weighted by Gasteiger charge is -2.16. The van der Waals surface area contributed by atoms with Crippen molar-refractivity contribution in [1.82, 2.24) is 9.97 Å². The number of benzene rings is 1. The molecule has 0 spiro atoms. The maximum atomic E-state index is 12.1. The van der Waals surface area contributed by atoms with E-state index < -0.39 is 0 Å². The van der Waals surface area contributed by atoms with Gasteiger partial charge < -0.3 is 9.72 Å². The first-order valence-corrected chi connectivity index (χ1v) is 6.66. The standard InChI is InChI=1S/C15H20N2O2/c1-5-19-15(18)12(9(2)3)14-16-11-8-6-7-10(4)13(11)17-14/h6-9,12H,5H2,1-4H3,(H,16,17). The van der Waals surface area contributed by atoms with Crippen LogP contribution in [0.1, 0.15) is 38.1 Å². The lowest BCUT2D eigenvalue weighted by atomic mass is 9.95. The van der Waals surface area contributed by atoms with Gasteiger partial charge in [0.1, 0.15) is 11.7 Å². The molecule has 1 aromatic heterocycles. The SMILES string of the molecule is CCOC(=O)C(c1nc2c(C)cccc2[nH]1)C(C)C.